The molecule has 1 aliphatic heterocycles. The minimum atomic E-state index is -0.573. The number of para-hydroxylation sites is 1. The van der Waals surface area contributed by atoms with Crippen molar-refractivity contribution in [3.8, 4) is 0 Å². The first-order chi connectivity index (χ1) is 10.1. The fourth-order valence-corrected chi connectivity index (χ4v) is 3.15. The molecule has 0 radical (unpaired) electrons. The maximum absolute atomic E-state index is 12.1. The molecule has 0 atom stereocenters. The van der Waals surface area contributed by atoms with Crippen molar-refractivity contribution in [3.63, 3.8) is 0 Å². The van der Waals surface area contributed by atoms with Gasteiger partial charge in [-0.1, -0.05) is 30.0 Å². The number of nitrogens with zero attached hydrogens (tertiary/aromatic N) is 1. The summed E-state index contributed by atoms with van der Waals surface area (Å²) in [6.45, 7) is 5.29. The normalized spacial score (nSPS) is 16.5. The summed E-state index contributed by atoms with van der Waals surface area (Å²) in [6.07, 6.45) is 0. The summed E-state index contributed by atoms with van der Waals surface area (Å²) >= 11 is 1.37. The molecule has 0 amide bonds. The number of carbonyl (C=O) groups is 2. The lowest BCUT2D eigenvalue weighted by atomic mass is 10.2. The van der Waals surface area contributed by atoms with Crippen molar-refractivity contribution in [2.24, 2.45) is 0 Å². The first-order valence-corrected chi connectivity index (χ1v) is 7.55. The zero-order chi connectivity index (χ0) is 15.4. The molecular weight excluding hydrogens is 286 g/mol. The van der Waals surface area contributed by atoms with E-state index in [0.717, 1.165) is 11.4 Å². The van der Waals surface area contributed by atoms with Crippen LogP contribution >= 0.6 is 11.8 Å². The van der Waals surface area contributed by atoms with Gasteiger partial charge in [-0.05, 0) is 38.3 Å². The van der Waals surface area contributed by atoms with Gasteiger partial charge in [0.15, 0.2) is 5.78 Å². The van der Waals surface area contributed by atoms with E-state index < -0.39 is 5.97 Å². The van der Waals surface area contributed by atoms with Crippen LogP contribution in [0.1, 0.15) is 20.8 Å². The maximum atomic E-state index is 12.1. The van der Waals surface area contributed by atoms with Crippen molar-refractivity contribution >= 4 is 29.2 Å². The number of carbonyl (C=O) groups excluding carboxylic acids is 2. The smallest absolute Gasteiger partial charge is 0.344 e. The third-order valence-electron chi connectivity index (χ3n) is 2.96. The van der Waals surface area contributed by atoms with Gasteiger partial charge in [-0.15, -0.1) is 0 Å². The molecule has 0 fully saturated rings. The van der Waals surface area contributed by atoms with E-state index in [-0.39, 0.29) is 18.0 Å². The minimum absolute atomic E-state index is 0.0961. The van der Waals surface area contributed by atoms with Crippen LogP contribution in [0, 0.1) is 0 Å². The summed E-state index contributed by atoms with van der Waals surface area (Å²) in [5.74, 6) is -0.864. The van der Waals surface area contributed by atoms with Crippen LogP contribution in [0.15, 0.2) is 52.0 Å². The van der Waals surface area contributed by atoms with Crippen LogP contribution in [0.4, 0.5) is 5.69 Å². The van der Waals surface area contributed by atoms with E-state index in [4.69, 9.17) is 4.74 Å². The molecule has 0 N–H and O–H groups in total. The summed E-state index contributed by atoms with van der Waals surface area (Å²) < 4.78 is 5.02. The van der Waals surface area contributed by atoms with Gasteiger partial charge >= 0.3 is 5.97 Å². The lowest BCUT2D eigenvalue weighted by molar-refractivity contribution is -0.139. The number of Topliss-reactive ketones (excluding diaryl/α,β-unsaturated/α-hetero) is 1. The van der Waals surface area contributed by atoms with Gasteiger partial charge in [-0.3, -0.25) is 4.79 Å². The van der Waals surface area contributed by atoms with Crippen molar-refractivity contribution in [1.82, 2.24) is 0 Å². The van der Waals surface area contributed by atoms with Gasteiger partial charge in [0, 0.05) is 11.4 Å². The van der Waals surface area contributed by atoms with Crippen LogP contribution in [0.25, 0.3) is 0 Å². The highest BCUT2D eigenvalue weighted by Crippen LogP contribution is 2.40. The van der Waals surface area contributed by atoms with Gasteiger partial charge in [0.2, 0.25) is 0 Å². The number of ketones is 1. The lowest BCUT2D eigenvalue weighted by Crippen LogP contribution is -2.23. The van der Waals surface area contributed by atoms with Crippen molar-refractivity contribution < 1.29 is 14.3 Å². The highest BCUT2D eigenvalue weighted by Gasteiger charge is 2.30. The Morgan fingerprint density at radius 3 is 2.48 bits per heavy atom. The molecule has 0 spiro atoms. The number of allylic oxidation sites excluding steroid dienone is 1. The van der Waals surface area contributed by atoms with Gasteiger partial charge in [-0.25, -0.2) is 4.79 Å². The molecule has 5 heteroatoms. The zero-order valence-corrected chi connectivity index (χ0v) is 13.1. The summed E-state index contributed by atoms with van der Waals surface area (Å²) in [5, 5.41) is 2.52. The first-order valence-electron chi connectivity index (χ1n) is 6.67. The Bertz CT molecular complexity index is 620. The Morgan fingerprint density at radius 1 is 1.24 bits per heavy atom. The van der Waals surface area contributed by atoms with E-state index in [1.54, 1.807) is 6.92 Å². The van der Waals surface area contributed by atoms with Crippen molar-refractivity contribution in [1.29, 1.82) is 0 Å². The number of ether oxygens (including phenoxy) is 1. The number of rotatable bonds is 4. The highest BCUT2D eigenvalue weighted by atomic mass is 32.2. The fraction of sp³-hybridized carbons (Fsp3) is 0.250. The summed E-state index contributed by atoms with van der Waals surface area (Å²) in [6, 6.07) is 9.63. The Labute approximate surface area is 128 Å². The number of esters is 1. The molecule has 0 unspecified atom stereocenters. The molecule has 1 aliphatic rings. The van der Waals surface area contributed by atoms with Gasteiger partial charge in [-0.2, -0.15) is 0 Å². The molecular formula is C16H17NO3S. The largest absolute Gasteiger partial charge is 0.462 e. The summed E-state index contributed by atoms with van der Waals surface area (Å²) in [7, 11) is 0. The minimum Gasteiger partial charge on any atom is -0.462 e. The second-order valence-electron chi connectivity index (χ2n) is 4.50. The quantitative estimate of drug-likeness (QED) is 0.369. The van der Waals surface area contributed by atoms with Crippen molar-refractivity contribution in [2.45, 2.75) is 20.8 Å². The predicted molar refractivity (Wildman–Crippen MR) is 84.6 cm³/mol. The number of anilines is 1. The van der Waals surface area contributed by atoms with Crippen LogP contribution in [0.3, 0.4) is 0 Å². The van der Waals surface area contributed by atoms with Gasteiger partial charge in [0.1, 0.15) is 10.6 Å². The molecule has 0 saturated carbocycles. The monoisotopic (exact) mass is 303 g/mol. The van der Waals surface area contributed by atoms with E-state index in [0.29, 0.717) is 5.03 Å². The van der Waals surface area contributed by atoms with E-state index >= 15 is 0 Å². The summed E-state index contributed by atoms with van der Waals surface area (Å²) in [5.41, 5.74) is 1.97. The van der Waals surface area contributed by atoms with Crippen molar-refractivity contribution in [2.75, 3.05) is 11.5 Å². The van der Waals surface area contributed by atoms with Crippen LogP contribution in [0.5, 0.6) is 0 Å². The molecule has 21 heavy (non-hydrogen) atoms. The Morgan fingerprint density at radius 2 is 1.90 bits per heavy atom. The molecule has 0 saturated heterocycles. The SMILES string of the molecule is CCOC(=O)/C(C(C)=O)=C1/SC=C(C)N1c1ccccc1. The topological polar surface area (TPSA) is 46.6 Å². The number of hydrogen-bond donors (Lipinski definition) is 0. The van der Waals surface area contributed by atoms with Gasteiger partial charge in [0.05, 0.1) is 6.61 Å². The maximum Gasteiger partial charge on any atom is 0.344 e. The Hall–Kier alpha value is -2.01. The molecule has 0 bridgehead atoms. The van der Waals surface area contributed by atoms with Crippen LogP contribution < -0.4 is 4.90 Å². The fourth-order valence-electron chi connectivity index (χ4n) is 2.06. The third-order valence-corrected chi connectivity index (χ3v) is 4.03. The molecule has 1 aromatic rings. The molecule has 1 heterocycles. The average molecular weight is 303 g/mol. The molecule has 0 aromatic heterocycles. The molecule has 2 rings (SSSR count). The van der Waals surface area contributed by atoms with Crippen LogP contribution in [-0.4, -0.2) is 18.4 Å². The summed E-state index contributed by atoms with van der Waals surface area (Å²) in [4.78, 5) is 25.9. The number of benzene rings is 1. The van der Waals surface area contributed by atoms with Crippen molar-refractivity contribution in [3.05, 3.63) is 52.0 Å². The Balaban J connectivity index is 2.51. The molecule has 4 nitrogen and oxygen atoms in total. The van der Waals surface area contributed by atoms with Crippen LogP contribution in [-0.2, 0) is 14.3 Å². The average Bonchev–Trinajstić information content (AvgIpc) is 2.81. The lowest BCUT2D eigenvalue weighted by Gasteiger charge is -2.23. The highest BCUT2D eigenvalue weighted by molar-refractivity contribution is 8.06. The third kappa shape index (κ3) is 3.19. The number of thioether (sulfide) groups is 1. The standard InChI is InChI=1S/C16H17NO3S/c1-4-20-16(19)14(12(3)18)15-17(11(2)10-21-15)13-8-6-5-7-9-13/h5-10H,4H2,1-3H3/b15-14+. The van der Waals surface area contributed by atoms with E-state index in [9.17, 15) is 9.59 Å². The Kier molecular flexibility index (Phi) is 4.85. The predicted octanol–water partition coefficient (Wildman–Crippen LogP) is 3.46. The van der Waals surface area contributed by atoms with Gasteiger partial charge < -0.3 is 9.64 Å². The van der Waals surface area contributed by atoms with Crippen LogP contribution in [0.2, 0.25) is 0 Å². The van der Waals surface area contributed by atoms with E-state index in [1.165, 1.54) is 18.7 Å². The van der Waals surface area contributed by atoms with Gasteiger partial charge in [0.25, 0.3) is 0 Å². The molecule has 0 aliphatic carbocycles. The van der Waals surface area contributed by atoms with E-state index in [2.05, 4.69) is 0 Å². The second kappa shape index (κ2) is 6.63. The first kappa shape index (κ1) is 15.4. The zero-order valence-electron chi connectivity index (χ0n) is 12.3. The second-order valence-corrected chi connectivity index (χ2v) is 5.36. The molecule has 1 aromatic carbocycles. The van der Waals surface area contributed by atoms with E-state index in [1.807, 2.05) is 47.6 Å². The number of hydrogen-bond acceptors (Lipinski definition) is 5. The molecule has 110 valence electrons.